The molecule has 1 aromatic carbocycles. The molecule has 1 amide bonds. The summed E-state index contributed by atoms with van der Waals surface area (Å²) < 4.78 is 8.11. The van der Waals surface area contributed by atoms with Gasteiger partial charge < -0.3 is 15.0 Å². The Bertz CT molecular complexity index is 1120. The van der Waals surface area contributed by atoms with Crippen molar-refractivity contribution < 1.29 is 9.53 Å². The smallest absolute Gasteiger partial charge is 0.410 e. The molecule has 1 saturated heterocycles. The molecule has 1 aliphatic rings. The van der Waals surface area contributed by atoms with Gasteiger partial charge in [-0.25, -0.2) is 9.78 Å². The Morgan fingerprint density at radius 3 is 2.69 bits per heavy atom. The van der Waals surface area contributed by atoms with Gasteiger partial charge >= 0.3 is 6.09 Å². The summed E-state index contributed by atoms with van der Waals surface area (Å²) in [7, 11) is 0. The summed E-state index contributed by atoms with van der Waals surface area (Å²) in [6.07, 6.45) is 3.34. The third kappa shape index (κ3) is 5.18. The lowest BCUT2D eigenvalue weighted by atomic mass is 9.97. The van der Waals surface area contributed by atoms with Crippen molar-refractivity contribution in [2.45, 2.75) is 39.2 Å². The van der Waals surface area contributed by atoms with Crippen LogP contribution in [0, 0.1) is 5.92 Å². The van der Waals surface area contributed by atoms with Crippen LogP contribution in [-0.2, 0) is 4.74 Å². The number of fused-ring (bicyclic) bond motifs is 1. The van der Waals surface area contributed by atoms with Gasteiger partial charge in [0.25, 0.3) is 0 Å². The maximum absolute atomic E-state index is 12.3. The number of benzene rings is 1. The van der Waals surface area contributed by atoms with Gasteiger partial charge in [0.15, 0.2) is 5.65 Å². The molecule has 0 radical (unpaired) electrons. The monoisotopic (exact) mass is 519 g/mol. The predicted molar refractivity (Wildman–Crippen MR) is 130 cm³/mol. The number of nitrogens with zero attached hydrogens (tertiary/aromatic N) is 4. The zero-order valence-corrected chi connectivity index (χ0v) is 20.8. The predicted octanol–water partition coefficient (Wildman–Crippen LogP) is 5.87. The second kappa shape index (κ2) is 9.27. The van der Waals surface area contributed by atoms with E-state index in [4.69, 9.17) is 21.3 Å². The highest BCUT2D eigenvalue weighted by Gasteiger charge is 2.27. The number of ether oxygens (including phenoxy) is 1. The number of anilines is 1. The van der Waals surface area contributed by atoms with Crippen LogP contribution in [0.5, 0.6) is 0 Å². The van der Waals surface area contributed by atoms with Gasteiger partial charge in [-0.2, -0.15) is 9.61 Å². The Kier molecular flexibility index (Phi) is 6.62. The second-order valence-electron chi connectivity index (χ2n) is 9.03. The first-order valence-corrected chi connectivity index (χ1v) is 11.9. The van der Waals surface area contributed by atoms with Gasteiger partial charge in [-0.15, -0.1) is 0 Å². The van der Waals surface area contributed by atoms with Gasteiger partial charge in [0.1, 0.15) is 11.4 Å². The number of carbonyl (C=O) groups excluding carboxylic acids is 1. The normalized spacial score (nSPS) is 15.2. The number of rotatable bonds is 4. The topological polar surface area (TPSA) is 71.8 Å². The van der Waals surface area contributed by atoms with Crippen molar-refractivity contribution in [3.63, 3.8) is 0 Å². The van der Waals surface area contributed by atoms with E-state index in [1.165, 1.54) is 0 Å². The summed E-state index contributed by atoms with van der Waals surface area (Å²) in [5.74, 6) is 1.30. The molecule has 7 nitrogen and oxygen atoms in total. The van der Waals surface area contributed by atoms with E-state index in [0.29, 0.717) is 24.0 Å². The third-order valence-electron chi connectivity index (χ3n) is 5.42. The average molecular weight is 521 g/mol. The van der Waals surface area contributed by atoms with E-state index in [1.807, 2.05) is 51.1 Å². The fraction of sp³-hybridized carbons (Fsp3) is 0.435. The standard InChI is InChI=1S/C23H27BrClN5O2/c1-23(2,3)32-22(31)29-10-8-15(9-11-29)13-26-20-12-19(16-6-4-5-7-18(16)25)28-21-17(24)14-27-30(20)21/h4-7,12,14-15,26H,8-11,13H2,1-3H3. The zero-order chi connectivity index (χ0) is 22.9. The van der Waals surface area contributed by atoms with Crippen LogP contribution in [0.3, 0.4) is 0 Å². The summed E-state index contributed by atoms with van der Waals surface area (Å²) in [5, 5.41) is 8.65. The van der Waals surface area contributed by atoms with Crippen molar-refractivity contribution in [2.24, 2.45) is 5.92 Å². The number of carbonyl (C=O) groups is 1. The minimum atomic E-state index is -0.473. The number of amides is 1. The third-order valence-corrected chi connectivity index (χ3v) is 6.31. The Balaban J connectivity index is 1.46. The largest absolute Gasteiger partial charge is 0.444 e. The zero-order valence-electron chi connectivity index (χ0n) is 18.4. The highest BCUT2D eigenvalue weighted by molar-refractivity contribution is 9.10. The van der Waals surface area contributed by atoms with E-state index in [9.17, 15) is 4.79 Å². The molecule has 0 bridgehead atoms. The van der Waals surface area contributed by atoms with Crippen molar-refractivity contribution >= 4 is 45.1 Å². The maximum Gasteiger partial charge on any atom is 0.410 e. The van der Waals surface area contributed by atoms with E-state index in [1.54, 1.807) is 15.6 Å². The van der Waals surface area contributed by atoms with Crippen LogP contribution in [0.25, 0.3) is 16.9 Å². The summed E-state index contributed by atoms with van der Waals surface area (Å²) in [5.41, 5.74) is 1.91. The first kappa shape index (κ1) is 22.9. The molecule has 2 aromatic heterocycles. The number of hydrogen-bond acceptors (Lipinski definition) is 5. The SMILES string of the molecule is CC(C)(C)OC(=O)N1CCC(CNc2cc(-c3ccccc3Cl)nc3c(Br)cnn23)CC1. The molecule has 32 heavy (non-hydrogen) atoms. The highest BCUT2D eigenvalue weighted by atomic mass is 79.9. The summed E-state index contributed by atoms with van der Waals surface area (Å²) in [6.45, 7) is 7.85. The molecule has 3 heterocycles. The molecule has 3 aromatic rings. The van der Waals surface area contributed by atoms with E-state index in [0.717, 1.165) is 46.6 Å². The number of piperidine rings is 1. The molecule has 1 N–H and O–H groups in total. The fourth-order valence-corrected chi connectivity index (χ4v) is 4.34. The number of likely N-dealkylation sites (tertiary alicyclic amines) is 1. The Hall–Kier alpha value is -2.32. The quantitative estimate of drug-likeness (QED) is 0.466. The maximum atomic E-state index is 12.3. The molecule has 4 rings (SSSR count). The van der Waals surface area contributed by atoms with Crippen molar-refractivity contribution in [3.05, 3.63) is 46.0 Å². The number of halogens is 2. The van der Waals surface area contributed by atoms with Gasteiger partial charge in [0.05, 0.1) is 16.4 Å². The lowest BCUT2D eigenvalue weighted by Gasteiger charge is -2.33. The van der Waals surface area contributed by atoms with Gasteiger partial charge in [-0.05, 0) is 61.5 Å². The van der Waals surface area contributed by atoms with Crippen LogP contribution in [0.15, 0.2) is 41.0 Å². The summed E-state index contributed by atoms with van der Waals surface area (Å²) in [6, 6.07) is 9.65. The molecule has 1 fully saturated rings. The molecule has 0 aliphatic carbocycles. The fourth-order valence-electron chi connectivity index (χ4n) is 3.76. The van der Waals surface area contributed by atoms with Crippen LogP contribution in [0.4, 0.5) is 10.6 Å². The molecule has 0 unspecified atom stereocenters. The van der Waals surface area contributed by atoms with Crippen LogP contribution in [0.2, 0.25) is 5.02 Å². The van der Waals surface area contributed by atoms with E-state index in [-0.39, 0.29) is 6.09 Å². The molecule has 170 valence electrons. The van der Waals surface area contributed by atoms with Crippen molar-refractivity contribution in [2.75, 3.05) is 25.0 Å². The minimum absolute atomic E-state index is 0.231. The van der Waals surface area contributed by atoms with E-state index in [2.05, 4.69) is 26.3 Å². The van der Waals surface area contributed by atoms with Gasteiger partial charge in [0.2, 0.25) is 0 Å². The lowest BCUT2D eigenvalue weighted by Crippen LogP contribution is -2.42. The first-order valence-electron chi connectivity index (χ1n) is 10.7. The molecule has 0 saturated carbocycles. The van der Waals surface area contributed by atoms with Gasteiger partial charge in [-0.1, -0.05) is 29.8 Å². The first-order chi connectivity index (χ1) is 15.2. The summed E-state index contributed by atoms with van der Waals surface area (Å²) >= 11 is 9.96. The molecule has 0 spiro atoms. The van der Waals surface area contributed by atoms with Crippen LogP contribution in [0.1, 0.15) is 33.6 Å². The Morgan fingerprint density at radius 2 is 2.00 bits per heavy atom. The molecule has 9 heteroatoms. The van der Waals surface area contributed by atoms with Crippen LogP contribution < -0.4 is 5.32 Å². The second-order valence-corrected chi connectivity index (χ2v) is 10.3. The van der Waals surface area contributed by atoms with E-state index < -0.39 is 5.60 Å². The summed E-state index contributed by atoms with van der Waals surface area (Å²) in [4.78, 5) is 18.9. The Morgan fingerprint density at radius 1 is 1.28 bits per heavy atom. The van der Waals surface area contributed by atoms with E-state index >= 15 is 0 Å². The van der Waals surface area contributed by atoms with Crippen molar-refractivity contribution in [1.82, 2.24) is 19.5 Å². The lowest BCUT2D eigenvalue weighted by molar-refractivity contribution is 0.0188. The Labute approximate surface area is 201 Å². The van der Waals surface area contributed by atoms with Crippen molar-refractivity contribution in [3.8, 4) is 11.3 Å². The molecule has 1 aliphatic heterocycles. The number of nitrogens with one attached hydrogen (secondary N) is 1. The van der Waals surface area contributed by atoms with Crippen LogP contribution in [-0.4, -0.2) is 50.8 Å². The molecule has 0 atom stereocenters. The van der Waals surface area contributed by atoms with Gasteiger partial charge in [0, 0.05) is 36.3 Å². The number of hydrogen-bond donors (Lipinski definition) is 1. The van der Waals surface area contributed by atoms with Crippen molar-refractivity contribution in [1.29, 1.82) is 0 Å². The highest BCUT2D eigenvalue weighted by Crippen LogP contribution is 2.30. The molecular formula is C23H27BrClN5O2. The number of aromatic nitrogens is 3. The average Bonchev–Trinajstić information content (AvgIpc) is 3.12. The molecular weight excluding hydrogens is 494 g/mol. The minimum Gasteiger partial charge on any atom is -0.444 e. The van der Waals surface area contributed by atoms with Crippen LogP contribution >= 0.6 is 27.5 Å². The van der Waals surface area contributed by atoms with Gasteiger partial charge in [-0.3, -0.25) is 0 Å².